The van der Waals surface area contributed by atoms with E-state index in [2.05, 4.69) is 14.9 Å². The number of piperidine rings is 1. The van der Waals surface area contributed by atoms with Crippen LogP contribution in [0.15, 0.2) is 18.5 Å². The van der Waals surface area contributed by atoms with Crippen molar-refractivity contribution >= 4 is 11.9 Å². The molecule has 20 heavy (non-hydrogen) atoms. The van der Waals surface area contributed by atoms with Crippen LogP contribution in [0.3, 0.4) is 0 Å². The first-order valence-electron chi connectivity index (χ1n) is 7.06. The van der Waals surface area contributed by atoms with E-state index in [-0.39, 0.29) is 12.5 Å². The molecule has 6 nitrogen and oxygen atoms in total. The fraction of sp³-hybridized carbons (Fsp3) is 0.643. The Balaban J connectivity index is 1.63. The summed E-state index contributed by atoms with van der Waals surface area (Å²) in [5.74, 6) is 2.03. The van der Waals surface area contributed by atoms with Crippen molar-refractivity contribution in [3.05, 3.63) is 18.5 Å². The molecular weight excluding hydrogens is 256 g/mol. The van der Waals surface area contributed by atoms with E-state index < -0.39 is 0 Å². The first-order valence-corrected chi connectivity index (χ1v) is 7.06. The second kappa shape index (κ2) is 5.75. The van der Waals surface area contributed by atoms with E-state index in [0.29, 0.717) is 11.8 Å². The lowest BCUT2D eigenvalue weighted by molar-refractivity contribution is -0.134. The van der Waals surface area contributed by atoms with Crippen LogP contribution in [-0.4, -0.2) is 60.7 Å². The Bertz CT molecular complexity index is 468. The van der Waals surface area contributed by atoms with Gasteiger partial charge in [-0.2, -0.15) is 0 Å². The van der Waals surface area contributed by atoms with Crippen LogP contribution in [0.4, 0.5) is 5.95 Å². The van der Waals surface area contributed by atoms with Gasteiger partial charge in [0, 0.05) is 45.7 Å². The van der Waals surface area contributed by atoms with E-state index in [1.807, 2.05) is 11.0 Å². The molecule has 1 aromatic rings. The van der Waals surface area contributed by atoms with Crippen LogP contribution in [-0.2, 0) is 9.53 Å². The van der Waals surface area contributed by atoms with Crippen molar-refractivity contribution in [2.45, 2.75) is 6.42 Å². The number of likely N-dealkylation sites (tertiary alicyclic amines) is 1. The molecule has 0 aliphatic carbocycles. The maximum Gasteiger partial charge on any atom is 0.248 e. The predicted octanol–water partition coefficient (Wildman–Crippen LogP) is 0.408. The van der Waals surface area contributed by atoms with Crippen LogP contribution in [0.2, 0.25) is 0 Å². The quantitative estimate of drug-likeness (QED) is 0.800. The molecule has 0 radical (unpaired) electrons. The van der Waals surface area contributed by atoms with Crippen molar-refractivity contribution in [1.82, 2.24) is 14.9 Å². The fourth-order valence-corrected chi connectivity index (χ4v) is 3.22. The molecule has 3 heterocycles. The SMILES string of the molecule is COCC(=O)N1C[C@@H]2CCN(c3ncccn3)C[C@@H]2C1. The summed E-state index contributed by atoms with van der Waals surface area (Å²) in [5, 5.41) is 0. The van der Waals surface area contributed by atoms with E-state index >= 15 is 0 Å². The van der Waals surface area contributed by atoms with Crippen molar-refractivity contribution in [3.63, 3.8) is 0 Å². The predicted molar refractivity (Wildman–Crippen MR) is 74.3 cm³/mol. The van der Waals surface area contributed by atoms with Crippen LogP contribution in [0.5, 0.6) is 0 Å². The number of aromatic nitrogens is 2. The van der Waals surface area contributed by atoms with Gasteiger partial charge >= 0.3 is 0 Å². The van der Waals surface area contributed by atoms with Crippen molar-refractivity contribution in [2.75, 3.05) is 44.8 Å². The van der Waals surface area contributed by atoms with Gasteiger partial charge in [0.1, 0.15) is 6.61 Å². The number of nitrogens with zero attached hydrogens (tertiary/aromatic N) is 4. The maximum atomic E-state index is 11.9. The van der Waals surface area contributed by atoms with Gasteiger partial charge < -0.3 is 14.5 Å². The lowest BCUT2D eigenvalue weighted by Gasteiger charge is -2.34. The molecule has 0 bridgehead atoms. The van der Waals surface area contributed by atoms with E-state index in [1.54, 1.807) is 19.5 Å². The number of anilines is 1. The maximum absolute atomic E-state index is 11.9. The summed E-state index contributed by atoms with van der Waals surface area (Å²) in [6, 6.07) is 1.83. The van der Waals surface area contributed by atoms with Gasteiger partial charge in [-0.3, -0.25) is 4.79 Å². The molecule has 2 atom stereocenters. The zero-order chi connectivity index (χ0) is 13.9. The molecule has 3 rings (SSSR count). The highest BCUT2D eigenvalue weighted by Crippen LogP contribution is 2.32. The van der Waals surface area contributed by atoms with Gasteiger partial charge in [0.15, 0.2) is 0 Å². The molecule has 1 amide bonds. The Morgan fingerprint density at radius 3 is 2.80 bits per heavy atom. The minimum Gasteiger partial charge on any atom is -0.375 e. The molecule has 2 aliphatic heterocycles. The van der Waals surface area contributed by atoms with Crippen molar-refractivity contribution < 1.29 is 9.53 Å². The smallest absolute Gasteiger partial charge is 0.248 e. The number of hydrogen-bond acceptors (Lipinski definition) is 5. The Hall–Kier alpha value is -1.69. The molecule has 2 aliphatic rings. The highest BCUT2D eigenvalue weighted by molar-refractivity contribution is 5.77. The van der Waals surface area contributed by atoms with Gasteiger partial charge in [-0.1, -0.05) is 0 Å². The summed E-state index contributed by atoms with van der Waals surface area (Å²) < 4.78 is 4.94. The number of methoxy groups -OCH3 is 1. The second-order valence-corrected chi connectivity index (χ2v) is 5.54. The highest BCUT2D eigenvalue weighted by Gasteiger charge is 2.39. The highest BCUT2D eigenvalue weighted by atomic mass is 16.5. The standard InChI is InChI=1S/C14H20N4O2/c1-20-10-13(19)18-7-11-3-6-17(8-12(11)9-18)14-15-4-2-5-16-14/h2,4-5,11-12H,3,6-10H2,1H3/t11-,12+/m0/s1. The minimum absolute atomic E-state index is 0.101. The Labute approximate surface area is 118 Å². The fourth-order valence-electron chi connectivity index (χ4n) is 3.22. The Morgan fingerprint density at radius 2 is 2.05 bits per heavy atom. The van der Waals surface area contributed by atoms with Gasteiger partial charge in [-0.25, -0.2) is 9.97 Å². The summed E-state index contributed by atoms with van der Waals surface area (Å²) >= 11 is 0. The van der Waals surface area contributed by atoms with Gasteiger partial charge in [0.05, 0.1) is 0 Å². The largest absolute Gasteiger partial charge is 0.375 e. The number of hydrogen-bond donors (Lipinski definition) is 0. The van der Waals surface area contributed by atoms with Crippen LogP contribution >= 0.6 is 0 Å². The molecule has 0 saturated carbocycles. The molecule has 0 unspecified atom stereocenters. The molecule has 0 N–H and O–H groups in total. The molecule has 6 heteroatoms. The normalized spacial score (nSPS) is 25.6. The zero-order valence-electron chi connectivity index (χ0n) is 11.7. The summed E-state index contributed by atoms with van der Waals surface area (Å²) in [7, 11) is 1.56. The lowest BCUT2D eigenvalue weighted by atomic mass is 9.89. The van der Waals surface area contributed by atoms with Gasteiger partial charge in [0.2, 0.25) is 11.9 Å². The van der Waals surface area contributed by atoms with E-state index in [9.17, 15) is 4.79 Å². The summed E-state index contributed by atoms with van der Waals surface area (Å²) in [5.41, 5.74) is 0. The average molecular weight is 276 g/mol. The van der Waals surface area contributed by atoms with Crippen LogP contribution < -0.4 is 4.90 Å². The van der Waals surface area contributed by atoms with Crippen molar-refractivity contribution in [2.24, 2.45) is 11.8 Å². The number of rotatable bonds is 3. The first kappa shape index (κ1) is 13.3. The summed E-state index contributed by atoms with van der Waals surface area (Å²) in [4.78, 5) is 24.7. The summed E-state index contributed by atoms with van der Waals surface area (Å²) in [6.45, 7) is 3.79. The third kappa shape index (κ3) is 2.60. The van der Waals surface area contributed by atoms with Gasteiger partial charge in [0.25, 0.3) is 0 Å². The molecule has 0 spiro atoms. The molecule has 108 valence electrons. The van der Waals surface area contributed by atoms with Crippen LogP contribution in [0.1, 0.15) is 6.42 Å². The van der Waals surface area contributed by atoms with Gasteiger partial charge in [-0.15, -0.1) is 0 Å². The summed E-state index contributed by atoms with van der Waals surface area (Å²) in [6.07, 6.45) is 4.65. The van der Waals surface area contributed by atoms with Crippen LogP contribution in [0.25, 0.3) is 0 Å². The number of ether oxygens (including phenoxy) is 1. The molecule has 2 saturated heterocycles. The number of carbonyl (C=O) groups excluding carboxylic acids is 1. The monoisotopic (exact) mass is 276 g/mol. The van der Waals surface area contributed by atoms with Crippen LogP contribution in [0, 0.1) is 11.8 Å². The molecular formula is C14H20N4O2. The number of fused-ring (bicyclic) bond motifs is 1. The molecule has 2 fully saturated rings. The number of carbonyl (C=O) groups is 1. The van der Waals surface area contributed by atoms with Gasteiger partial charge in [-0.05, 0) is 24.3 Å². The average Bonchev–Trinajstić information content (AvgIpc) is 2.91. The number of amides is 1. The van der Waals surface area contributed by atoms with E-state index in [1.165, 1.54) is 0 Å². The second-order valence-electron chi connectivity index (χ2n) is 5.54. The third-order valence-electron chi connectivity index (χ3n) is 4.26. The third-order valence-corrected chi connectivity index (χ3v) is 4.26. The first-order chi connectivity index (χ1) is 9.78. The Morgan fingerprint density at radius 1 is 1.30 bits per heavy atom. The lowest BCUT2D eigenvalue weighted by Crippen LogP contribution is -2.40. The van der Waals surface area contributed by atoms with Crippen molar-refractivity contribution in [3.8, 4) is 0 Å². The van der Waals surface area contributed by atoms with E-state index in [4.69, 9.17) is 4.74 Å². The van der Waals surface area contributed by atoms with E-state index in [0.717, 1.165) is 38.5 Å². The van der Waals surface area contributed by atoms with Crippen molar-refractivity contribution in [1.29, 1.82) is 0 Å². The minimum atomic E-state index is 0.101. The zero-order valence-corrected chi connectivity index (χ0v) is 11.7. The topological polar surface area (TPSA) is 58.6 Å². The molecule has 0 aromatic carbocycles. The Kier molecular flexibility index (Phi) is 3.82. The molecule has 1 aromatic heterocycles.